The van der Waals surface area contributed by atoms with Crippen molar-refractivity contribution in [1.82, 2.24) is 10.2 Å². The summed E-state index contributed by atoms with van der Waals surface area (Å²) in [4.78, 5) is 12.8. The van der Waals surface area contributed by atoms with Crippen LogP contribution in [0.1, 0.15) is 47.0 Å². The molecule has 2 N–H and O–H groups in total. The van der Waals surface area contributed by atoms with Crippen molar-refractivity contribution in [1.29, 1.82) is 0 Å². The Labute approximate surface area is 104 Å². The second kappa shape index (κ2) is 5.71. The van der Waals surface area contributed by atoms with E-state index in [0.29, 0.717) is 0 Å². The molecule has 0 aromatic carbocycles. The molecule has 100 valence electrons. The zero-order valence-corrected chi connectivity index (χ0v) is 11.5. The molecule has 0 bridgehead atoms. The number of nitrogens with one attached hydrogen (secondary N) is 1. The van der Waals surface area contributed by atoms with Crippen LogP contribution in [0.2, 0.25) is 0 Å². The molecule has 0 unspecified atom stereocenters. The fourth-order valence-corrected chi connectivity index (χ4v) is 2.20. The summed E-state index contributed by atoms with van der Waals surface area (Å²) in [5.74, 6) is 0.878. The quantitative estimate of drug-likeness (QED) is 0.704. The molecule has 4 nitrogen and oxygen atoms in total. The third-order valence-corrected chi connectivity index (χ3v) is 3.24. The predicted molar refractivity (Wildman–Crippen MR) is 69.3 cm³/mol. The number of rotatable bonds is 6. The van der Waals surface area contributed by atoms with Gasteiger partial charge in [-0.05, 0) is 66.0 Å². The van der Waals surface area contributed by atoms with Crippen molar-refractivity contribution in [2.45, 2.75) is 58.5 Å². The summed E-state index contributed by atoms with van der Waals surface area (Å²) in [6.07, 6.45) is 2.75. The van der Waals surface area contributed by atoms with Crippen molar-refractivity contribution in [2.75, 3.05) is 13.1 Å². The van der Waals surface area contributed by atoms with Crippen LogP contribution in [-0.2, 0) is 0 Å². The maximum atomic E-state index is 11.2. The van der Waals surface area contributed by atoms with E-state index in [1.165, 1.54) is 12.8 Å². The van der Waals surface area contributed by atoms with Crippen LogP contribution in [0.15, 0.2) is 0 Å². The lowest BCUT2D eigenvalue weighted by atomic mass is 10.0. The summed E-state index contributed by atoms with van der Waals surface area (Å²) < 4.78 is 0. The first kappa shape index (κ1) is 14.3. The first-order chi connectivity index (χ1) is 7.82. The van der Waals surface area contributed by atoms with E-state index in [1.54, 1.807) is 4.90 Å². The van der Waals surface area contributed by atoms with Gasteiger partial charge in [0.1, 0.15) is 0 Å². The molecule has 0 aromatic heterocycles. The molecule has 1 aliphatic carbocycles. The molecule has 0 aromatic rings. The van der Waals surface area contributed by atoms with Crippen LogP contribution in [0.4, 0.5) is 4.79 Å². The van der Waals surface area contributed by atoms with Gasteiger partial charge in [0.15, 0.2) is 0 Å². The van der Waals surface area contributed by atoms with Gasteiger partial charge in [-0.2, -0.15) is 0 Å². The Bertz CT molecular complexity index is 257. The normalized spacial score (nSPS) is 17.9. The highest BCUT2D eigenvalue weighted by molar-refractivity contribution is 5.66. The Balaban J connectivity index is 2.30. The van der Waals surface area contributed by atoms with Crippen LogP contribution < -0.4 is 5.32 Å². The fraction of sp³-hybridized carbons (Fsp3) is 0.923. The average molecular weight is 242 g/mol. The van der Waals surface area contributed by atoms with Crippen LogP contribution in [0.25, 0.3) is 0 Å². The molecular formula is C13H26N2O2. The van der Waals surface area contributed by atoms with E-state index in [-0.39, 0.29) is 11.6 Å². The van der Waals surface area contributed by atoms with E-state index in [1.807, 2.05) is 27.7 Å². The van der Waals surface area contributed by atoms with E-state index >= 15 is 0 Å². The predicted octanol–water partition coefficient (Wildman–Crippen LogP) is 2.54. The minimum absolute atomic E-state index is 0.0548. The van der Waals surface area contributed by atoms with Crippen molar-refractivity contribution < 1.29 is 9.90 Å². The number of nitrogens with zero attached hydrogens (tertiary/aromatic N) is 1. The van der Waals surface area contributed by atoms with E-state index in [4.69, 9.17) is 0 Å². The van der Waals surface area contributed by atoms with Gasteiger partial charge < -0.3 is 15.3 Å². The summed E-state index contributed by atoms with van der Waals surface area (Å²) >= 11 is 0. The summed E-state index contributed by atoms with van der Waals surface area (Å²) in [5, 5.41) is 12.6. The van der Waals surface area contributed by atoms with Crippen molar-refractivity contribution in [3.05, 3.63) is 0 Å². The minimum Gasteiger partial charge on any atom is -0.465 e. The van der Waals surface area contributed by atoms with Gasteiger partial charge in [0.05, 0.1) is 0 Å². The molecule has 0 spiro atoms. The monoisotopic (exact) mass is 242 g/mol. The van der Waals surface area contributed by atoms with Gasteiger partial charge in [0, 0.05) is 11.6 Å². The number of amides is 1. The van der Waals surface area contributed by atoms with Crippen molar-refractivity contribution in [3.8, 4) is 0 Å². The smallest absolute Gasteiger partial charge is 0.407 e. The molecule has 1 amide bonds. The van der Waals surface area contributed by atoms with Crippen molar-refractivity contribution >= 4 is 6.09 Å². The Morgan fingerprint density at radius 2 is 2.06 bits per heavy atom. The molecule has 0 heterocycles. The molecule has 4 heteroatoms. The van der Waals surface area contributed by atoms with Gasteiger partial charge in [-0.15, -0.1) is 0 Å². The Morgan fingerprint density at radius 1 is 1.47 bits per heavy atom. The zero-order chi connectivity index (χ0) is 13.1. The molecule has 17 heavy (non-hydrogen) atoms. The summed E-state index contributed by atoms with van der Waals surface area (Å²) in [5.41, 5.74) is -0.332. The number of carbonyl (C=O) groups is 1. The maximum Gasteiger partial charge on any atom is 0.407 e. The fourth-order valence-electron chi connectivity index (χ4n) is 2.20. The highest BCUT2D eigenvalue weighted by Crippen LogP contribution is 2.27. The molecule has 1 rings (SSSR count). The largest absolute Gasteiger partial charge is 0.465 e. The second-order valence-electron chi connectivity index (χ2n) is 6.11. The zero-order valence-electron chi connectivity index (χ0n) is 11.5. The van der Waals surface area contributed by atoms with E-state index < -0.39 is 6.09 Å². The lowest BCUT2D eigenvalue weighted by Crippen LogP contribution is -2.50. The van der Waals surface area contributed by atoms with Crippen molar-refractivity contribution in [2.24, 2.45) is 5.92 Å². The summed E-state index contributed by atoms with van der Waals surface area (Å²) in [7, 11) is 0. The van der Waals surface area contributed by atoms with Gasteiger partial charge in [0.2, 0.25) is 0 Å². The van der Waals surface area contributed by atoms with Gasteiger partial charge in [-0.1, -0.05) is 0 Å². The molecule has 1 saturated carbocycles. The summed E-state index contributed by atoms with van der Waals surface area (Å²) in [6, 6.07) is 0.0548. The van der Waals surface area contributed by atoms with Gasteiger partial charge in [0.25, 0.3) is 0 Å². The van der Waals surface area contributed by atoms with Gasteiger partial charge in [-0.25, -0.2) is 4.79 Å². The maximum absolute atomic E-state index is 11.2. The Morgan fingerprint density at radius 3 is 2.47 bits per heavy atom. The van der Waals surface area contributed by atoms with Crippen LogP contribution in [-0.4, -0.2) is 40.8 Å². The topological polar surface area (TPSA) is 52.6 Å². The second-order valence-corrected chi connectivity index (χ2v) is 6.11. The van der Waals surface area contributed by atoms with Crippen LogP contribution in [0.5, 0.6) is 0 Å². The first-order valence-electron chi connectivity index (χ1n) is 6.55. The van der Waals surface area contributed by atoms with Gasteiger partial charge >= 0.3 is 6.09 Å². The van der Waals surface area contributed by atoms with E-state index in [2.05, 4.69) is 5.32 Å². The Kier molecular flexibility index (Phi) is 4.80. The number of hydrogen-bond donors (Lipinski definition) is 2. The molecule has 1 aliphatic rings. The first-order valence-corrected chi connectivity index (χ1v) is 6.55. The molecule has 0 saturated heterocycles. The van der Waals surface area contributed by atoms with E-state index in [0.717, 1.165) is 25.4 Å². The molecule has 1 atom stereocenters. The molecular weight excluding hydrogens is 216 g/mol. The highest BCUT2D eigenvalue weighted by atomic mass is 16.4. The van der Waals surface area contributed by atoms with Gasteiger partial charge in [-0.3, -0.25) is 0 Å². The minimum atomic E-state index is -0.827. The van der Waals surface area contributed by atoms with Crippen LogP contribution >= 0.6 is 0 Å². The molecule has 1 fully saturated rings. The Hall–Kier alpha value is -0.770. The third kappa shape index (κ3) is 4.94. The van der Waals surface area contributed by atoms with Crippen molar-refractivity contribution in [3.63, 3.8) is 0 Å². The summed E-state index contributed by atoms with van der Waals surface area (Å²) in [6.45, 7) is 9.80. The van der Waals surface area contributed by atoms with Crippen LogP contribution in [0, 0.1) is 5.92 Å². The highest BCUT2D eigenvalue weighted by Gasteiger charge is 2.30. The molecule has 0 radical (unpaired) electrons. The molecule has 0 aliphatic heterocycles. The number of hydrogen-bond acceptors (Lipinski definition) is 2. The standard InChI is InChI=1S/C13H26N2O2/c1-10(7-8-14-9-11-5-6-11)15(12(16)17)13(2,3)4/h10-11,14H,5-9H2,1-4H3,(H,16,17)/t10-/m0/s1. The van der Waals surface area contributed by atoms with E-state index in [9.17, 15) is 9.90 Å². The number of carboxylic acid groups (broad SMARTS) is 1. The lowest BCUT2D eigenvalue weighted by Gasteiger charge is -2.38. The SMILES string of the molecule is C[C@@H](CCNCC1CC1)N(C(=O)O)C(C)(C)C. The lowest BCUT2D eigenvalue weighted by molar-refractivity contribution is 0.0729. The van der Waals surface area contributed by atoms with Crippen LogP contribution in [0.3, 0.4) is 0 Å². The third-order valence-electron chi connectivity index (χ3n) is 3.24. The average Bonchev–Trinajstić information content (AvgIpc) is 2.92.